The number of rotatable bonds is 3. The zero-order chi connectivity index (χ0) is 11.6. The fourth-order valence-electron chi connectivity index (χ4n) is 1.63. The maximum Gasteiger partial charge on any atom is 0.103 e. The molecule has 84 valence electrons. The molecule has 2 aromatic rings. The summed E-state index contributed by atoms with van der Waals surface area (Å²) in [6.07, 6.45) is 1.62. The van der Waals surface area contributed by atoms with Crippen LogP contribution in [0.25, 0.3) is 11.3 Å². The van der Waals surface area contributed by atoms with E-state index in [-0.39, 0.29) is 6.54 Å². The Morgan fingerprint density at radius 3 is 2.69 bits per heavy atom. The second kappa shape index (κ2) is 4.08. The van der Waals surface area contributed by atoms with Crippen LogP contribution in [0.15, 0.2) is 36.5 Å². The van der Waals surface area contributed by atoms with Gasteiger partial charge in [-0.1, -0.05) is 30.3 Å². The molecule has 1 unspecified atom stereocenters. The van der Waals surface area contributed by atoms with Gasteiger partial charge in [-0.05, 0) is 12.5 Å². The summed E-state index contributed by atoms with van der Waals surface area (Å²) in [5.74, 6) is 0. The highest BCUT2D eigenvalue weighted by Crippen LogP contribution is 2.28. The molecule has 0 amide bonds. The Bertz CT molecular complexity index is 462. The maximum atomic E-state index is 10.1. The van der Waals surface area contributed by atoms with Gasteiger partial charge in [-0.2, -0.15) is 5.10 Å². The van der Waals surface area contributed by atoms with Crippen molar-refractivity contribution in [3.8, 4) is 11.3 Å². The molecule has 0 aliphatic carbocycles. The van der Waals surface area contributed by atoms with Gasteiger partial charge in [0, 0.05) is 12.1 Å². The van der Waals surface area contributed by atoms with E-state index < -0.39 is 5.60 Å². The van der Waals surface area contributed by atoms with Gasteiger partial charge in [0.15, 0.2) is 0 Å². The van der Waals surface area contributed by atoms with Gasteiger partial charge in [-0.3, -0.25) is 5.10 Å². The molecule has 4 heteroatoms. The van der Waals surface area contributed by atoms with E-state index in [9.17, 15) is 5.11 Å². The van der Waals surface area contributed by atoms with Crippen molar-refractivity contribution in [3.05, 3.63) is 42.1 Å². The van der Waals surface area contributed by atoms with E-state index in [0.29, 0.717) is 0 Å². The molecule has 0 fully saturated rings. The summed E-state index contributed by atoms with van der Waals surface area (Å²) in [7, 11) is 0. The van der Waals surface area contributed by atoms with Crippen LogP contribution in [0.3, 0.4) is 0 Å². The van der Waals surface area contributed by atoms with E-state index in [1.807, 2.05) is 30.3 Å². The summed E-state index contributed by atoms with van der Waals surface area (Å²) in [5, 5.41) is 17.0. The van der Waals surface area contributed by atoms with Crippen LogP contribution >= 0.6 is 0 Å². The Morgan fingerprint density at radius 2 is 2.06 bits per heavy atom. The lowest BCUT2D eigenvalue weighted by atomic mass is 9.94. The lowest BCUT2D eigenvalue weighted by molar-refractivity contribution is 0.0674. The van der Waals surface area contributed by atoms with Gasteiger partial charge >= 0.3 is 0 Å². The molecule has 4 nitrogen and oxygen atoms in total. The molecule has 1 aromatic heterocycles. The average Bonchev–Trinajstić information content (AvgIpc) is 2.80. The van der Waals surface area contributed by atoms with E-state index in [0.717, 1.165) is 16.8 Å². The van der Waals surface area contributed by atoms with Gasteiger partial charge in [-0.25, -0.2) is 0 Å². The van der Waals surface area contributed by atoms with Gasteiger partial charge in [0.1, 0.15) is 5.60 Å². The molecule has 0 saturated carbocycles. The highest BCUT2D eigenvalue weighted by atomic mass is 16.3. The minimum atomic E-state index is -1.06. The molecule has 0 aliphatic heterocycles. The minimum absolute atomic E-state index is 0.159. The molecular formula is C12H15N3O. The number of H-pyrrole nitrogens is 1. The molecule has 0 saturated heterocycles. The summed E-state index contributed by atoms with van der Waals surface area (Å²) >= 11 is 0. The normalized spacial score (nSPS) is 14.7. The quantitative estimate of drug-likeness (QED) is 0.724. The molecule has 0 bridgehead atoms. The van der Waals surface area contributed by atoms with Crippen LogP contribution < -0.4 is 5.73 Å². The molecule has 0 radical (unpaired) electrons. The van der Waals surface area contributed by atoms with Crippen molar-refractivity contribution in [1.29, 1.82) is 0 Å². The first kappa shape index (κ1) is 10.9. The highest BCUT2D eigenvalue weighted by molar-refractivity contribution is 5.63. The Kier molecular flexibility index (Phi) is 2.77. The van der Waals surface area contributed by atoms with Crippen molar-refractivity contribution in [2.75, 3.05) is 6.54 Å². The van der Waals surface area contributed by atoms with Crippen LogP contribution in [-0.4, -0.2) is 21.8 Å². The number of nitrogens with zero attached hydrogens (tertiary/aromatic N) is 1. The molecule has 1 heterocycles. The predicted octanol–water partition coefficient (Wildman–Crippen LogP) is 1.24. The first-order valence-electron chi connectivity index (χ1n) is 5.17. The van der Waals surface area contributed by atoms with Gasteiger partial charge in [0.25, 0.3) is 0 Å². The second-order valence-corrected chi connectivity index (χ2v) is 4.00. The molecule has 1 atom stereocenters. The topological polar surface area (TPSA) is 74.9 Å². The number of aliphatic hydroxyl groups is 1. The smallest absolute Gasteiger partial charge is 0.103 e. The Labute approximate surface area is 94.1 Å². The van der Waals surface area contributed by atoms with Crippen molar-refractivity contribution in [2.45, 2.75) is 12.5 Å². The van der Waals surface area contributed by atoms with Gasteiger partial charge in [0.2, 0.25) is 0 Å². The van der Waals surface area contributed by atoms with Crippen molar-refractivity contribution in [1.82, 2.24) is 10.2 Å². The summed E-state index contributed by atoms with van der Waals surface area (Å²) in [5.41, 5.74) is 7.02. The van der Waals surface area contributed by atoms with E-state index >= 15 is 0 Å². The Balaban J connectivity index is 2.49. The second-order valence-electron chi connectivity index (χ2n) is 4.00. The number of nitrogens with one attached hydrogen (secondary N) is 1. The SMILES string of the molecule is CC(O)(CN)c1cn[nH]c1-c1ccccc1. The van der Waals surface area contributed by atoms with Crippen LogP contribution in [0.5, 0.6) is 0 Å². The molecule has 16 heavy (non-hydrogen) atoms. The standard InChI is InChI=1S/C12H15N3O/c1-12(16,8-13)10-7-14-15-11(10)9-5-3-2-4-6-9/h2-7,16H,8,13H2,1H3,(H,14,15). The summed E-state index contributed by atoms with van der Waals surface area (Å²) in [4.78, 5) is 0. The number of hydrogen-bond donors (Lipinski definition) is 3. The molecule has 4 N–H and O–H groups in total. The third-order valence-corrected chi connectivity index (χ3v) is 2.68. The number of aromatic nitrogens is 2. The van der Waals surface area contributed by atoms with Crippen LogP contribution in [0.4, 0.5) is 0 Å². The lowest BCUT2D eigenvalue weighted by Crippen LogP contribution is -2.31. The van der Waals surface area contributed by atoms with E-state index in [2.05, 4.69) is 10.2 Å². The summed E-state index contributed by atoms with van der Waals surface area (Å²) in [6, 6.07) is 9.75. The maximum absolute atomic E-state index is 10.1. The lowest BCUT2D eigenvalue weighted by Gasteiger charge is -2.21. The highest BCUT2D eigenvalue weighted by Gasteiger charge is 2.26. The number of benzene rings is 1. The molecule has 0 aliphatic rings. The Morgan fingerprint density at radius 1 is 1.38 bits per heavy atom. The van der Waals surface area contributed by atoms with Crippen LogP contribution in [-0.2, 0) is 5.60 Å². The fourth-order valence-corrected chi connectivity index (χ4v) is 1.63. The van der Waals surface area contributed by atoms with Crippen molar-refractivity contribution in [3.63, 3.8) is 0 Å². The van der Waals surface area contributed by atoms with Crippen molar-refractivity contribution >= 4 is 0 Å². The monoisotopic (exact) mass is 217 g/mol. The predicted molar refractivity (Wildman–Crippen MR) is 62.6 cm³/mol. The third-order valence-electron chi connectivity index (χ3n) is 2.68. The molecule has 2 rings (SSSR count). The zero-order valence-corrected chi connectivity index (χ0v) is 9.14. The van der Waals surface area contributed by atoms with Crippen LogP contribution in [0.1, 0.15) is 12.5 Å². The van der Waals surface area contributed by atoms with Crippen LogP contribution in [0.2, 0.25) is 0 Å². The van der Waals surface area contributed by atoms with Gasteiger partial charge < -0.3 is 10.8 Å². The first-order valence-corrected chi connectivity index (χ1v) is 5.17. The van der Waals surface area contributed by atoms with E-state index in [1.165, 1.54) is 0 Å². The first-order chi connectivity index (χ1) is 7.65. The van der Waals surface area contributed by atoms with Crippen LogP contribution in [0, 0.1) is 0 Å². The van der Waals surface area contributed by atoms with Crippen molar-refractivity contribution < 1.29 is 5.11 Å². The van der Waals surface area contributed by atoms with E-state index in [4.69, 9.17) is 5.73 Å². The average molecular weight is 217 g/mol. The molecule has 0 spiro atoms. The number of hydrogen-bond acceptors (Lipinski definition) is 3. The fraction of sp³-hybridized carbons (Fsp3) is 0.250. The summed E-state index contributed by atoms with van der Waals surface area (Å²) in [6.45, 7) is 1.84. The van der Waals surface area contributed by atoms with Crippen molar-refractivity contribution in [2.24, 2.45) is 5.73 Å². The minimum Gasteiger partial charge on any atom is -0.384 e. The summed E-state index contributed by atoms with van der Waals surface area (Å²) < 4.78 is 0. The van der Waals surface area contributed by atoms with Gasteiger partial charge in [0.05, 0.1) is 11.9 Å². The third kappa shape index (κ3) is 1.85. The van der Waals surface area contributed by atoms with E-state index in [1.54, 1.807) is 13.1 Å². The van der Waals surface area contributed by atoms with Gasteiger partial charge in [-0.15, -0.1) is 0 Å². The number of nitrogens with two attached hydrogens (primary N) is 1. The molecule has 1 aromatic carbocycles. The molecular weight excluding hydrogens is 202 g/mol. The largest absolute Gasteiger partial charge is 0.384 e. The zero-order valence-electron chi connectivity index (χ0n) is 9.14. The number of aromatic amines is 1. The Hall–Kier alpha value is -1.65.